The van der Waals surface area contributed by atoms with E-state index in [9.17, 15) is 10.1 Å². The Balaban J connectivity index is 2.67. The Bertz CT molecular complexity index is 557. The molecule has 8 heteroatoms. The van der Waals surface area contributed by atoms with E-state index in [4.69, 9.17) is 16.0 Å². The molecule has 0 unspecified atom stereocenters. The van der Waals surface area contributed by atoms with E-state index in [0.717, 1.165) is 6.20 Å². The summed E-state index contributed by atoms with van der Waals surface area (Å²) in [5.41, 5.74) is -0.220. The fourth-order valence-corrected chi connectivity index (χ4v) is 1.64. The predicted octanol–water partition coefficient (Wildman–Crippen LogP) is 3.06. The molecule has 16 heavy (non-hydrogen) atoms. The van der Waals surface area contributed by atoms with Gasteiger partial charge in [0.1, 0.15) is 6.20 Å². The van der Waals surface area contributed by atoms with Crippen LogP contribution < -0.4 is 0 Å². The normalized spacial score (nSPS) is 10.4. The van der Waals surface area contributed by atoms with Gasteiger partial charge < -0.3 is 4.42 Å². The Morgan fingerprint density at radius 1 is 1.56 bits per heavy atom. The average Bonchev–Trinajstić information content (AvgIpc) is 2.63. The third-order valence-corrected chi connectivity index (χ3v) is 2.58. The first-order valence-corrected chi connectivity index (χ1v) is 5.17. The summed E-state index contributed by atoms with van der Waals surface area (Å²) in [6.07, 6.45) is 2.43. The van der Waals surface area contributed by atoms with E-state index in [-0.39, 0.29) is 22.4 Å². The summed E-state index contributed by atoms with van der Waals surface area (Å²) in [6.45, 7) is 0. The van der Waals surface area contributed by atoms with E-state index < -0.39 is 4.92 Å². The fraction of sp³-hybridized carbons (Fsp3) is 0. The second kappa shape index (κ2) is 4.18. The minimum Gasteiger partial charge on any atom is -0.461 e. The highest BCUT2D eigenvalue weighted by Gasteiger charge is 2.22. The van der Waals surface area contributed by atoms with Crippen LogP contribution in [0.3, 0.4) is 0 Å². The summed E-state index contributed by atoms with van der Waals surface area (Å²) in [5, 5.41) is 10.7. The number of hydrogen-bond donors (Lipinski definition) is 0. The van der Waals surface area contributed by atoms with Gasteiger partial charge in [-0.25, -0.2) is 9.97 Å². The lowest BCUT2D eigenvalue weighted by Crippen LogP contribution is -1.96. The molecule has 0 amide bonds. The summed E-state index contributed by atoms with van der Waals surface area (Å²) in [5.74, 6) is 0.246. The Kier molecular flexibility index (Phi) is 2.88. The van der Waals surface area contributed by atoms with E-state index in [1.165, 1.54) is 6.26 Å². The minimum atomic E-state index is -0.597. The van der Waals surface area contributed by atoms with Crippen molar-refractivity contribution < 1.29 is 9.34 Å². The van der Waals surface area contributed by atoms with Crippen molar-refractivity contribution >= 4 is 33.2 Å². The van der Waals surface area contributed by atoms with E-state index in [2.05, 4.69) is 25.9 Å². The first-order chi connectivity index (χ1) is 7.59. The lowest BCUT2D eigenvalue weighted by Gasteiger charge is -1.99. The number of nitrogens with zero attached hydrogens (tertiary/aromatic N) is 3. The first-order valence-electron chi connectivity index (χ1n) is 4.00. The van der Waals surface area contributed by atoms with E-state index in [1.54, 1.807) is 6.07 Å². The second-order valence-corrected chi connectivity index (χ2v) is 3.92. The van der Waals surface area contributed by atoms with Crippen molar-refractivity contribution in [2.24, 2.45) is 0 Å². The summed E-state index contributed by atoms with van der Waals surface area (Å²) in [4.78, 5) is 17.5. The van der Waals surface area contributed by atoms with Crippen LogP contribution in [0.1, 0.15) is 0 Å². The minimum absolute atomic E-state index is 0.0434. The Morgan fingerprint density at radius 2 is 2.31 bits per heavy atom. The quantitative estimate of drug-likeness (QED) is 0.484. The fourth-order valence-electron chi connectivity index (χ4n) is 1.12. The molecule has 82 valence electrons. The molecule has 0 spiro atoms. The maximum Gasteiger partial charge on any atom is 0.317 e. The SMILES string of the molecule is O=[N+]([O-])c1cnc(Cl)nc1-c1occc1Br. The van der Waals surface area contributed by atoms with Crippen molar-refractivity contribution in [3.05, 3.63) is 38.4 Å². The smallest absolute Gasteiger partial charge is 0.317 e. The van der Waals surface area contributed by atoms with Gasteiger partial charge in [0.25, 0.3) is 0 Å². The van der Waals surface area contributed by atoms with Crippen molar-refractivity contribution in [2.45, 2.75) is 0 Å². The Labute approximate surface area is 103 Å². The van der Waals surface area contributed by atoms with E-state index in [0.29, 0.717) is 4.47 Å². The van der Waals surface area contributed by atoms with Crippen LogP contribution in [-0.2, 0) is 0 Å². The number of nitro groups is 1. The largest absolute Gasteiger partial charge is 0.461 e. The van der Waals surface area contributed by atoms with Crippen LogP contribution in [0, 0.1) is 10.1 Å². The molecule has 0 N–H and O–H groups in total. The topological polar surface area (TPSA) is 82.1 Å². The molecule has 2 rings (SSSR count). The summed E-state index contributed by atoms with van der Waals surface area (Å²) < 4.78 is 5.66. The highest BCUT2D eigenvalue weighted by molar-refractivity contribution is 9.10. The molecule has 2 heterocycles. The van der Waals surface area contributed by atoms with Gasteiger partial charge in [-0.05, 0) is 33.6 Å². The van der Waals surface area contributed by atoms with E-state index in [1.807, 2.05) is 0 Å². The van der Waals surface area contributed by atoms with Crippen LogP contribution in [-0.4, -0.2) is 14.9 Å². The van der Waals surface area contributed by atoms with Crippen LogP contribution in [0.5, 0.6) is 0 Å². The highest BCUT2D eigenvalue weighted by Crippen LogP contribution is 2.33. The zero-order valence-electron chi connectivity index (χ0n) is 7.55. The maximum atomic E-state index is 10.8. The number of rotatable bonds is 2. The van der Waals surface area contributed by atoms with Crippen LogP contribution in [0.4, 0.5) is 5.69 Å². The molecule has 2 aromatic rings. The van der Waals surface area contributed by atoms with Crippen molar-refractivity contribution in [2.75, 3.05) is 0 Å². The highest BCUT2D eigenvalue weighted by atomic mass is 79.9. The summed E-state index contributed by atoms with van der Waals surface area (Å²) in [6, 6.07) is 1.61. The second-order valence-electron chi connectivity index (χ2n) is 2.73. The van der Waals surface area contributed by atoms with Gasteiger partial charge in [-0.3, -0.25) is 10.1 Å². The van der Waals surface area contributed by atoms with Gasteiger partial charge in [0, 0.05) is 0 Å². The van der Waals surface area contributed by atoms with Crippen LogP contribution in [0.2, 0.25) is 5.28 Å². The molecule has 0 fully saturated rings. The lowest BCUT2D eigenvalue weighted by atomic mass is 10.3. The molecule has 0 aliphatic rings. The summed E-state index contributed by atoms with van der Waals surface area (Å²) in [7, 11) is 0. The molecule has 0 aliphatic heterocycles. The van der Waals surface area contributed by atoms with E-state index >= 15 is 0 Å². The maximum absolute atomic E-state index is 10.8. The number of furan rings is 1. The standard InChI is InChI=1S/C8H3BrClN3O3/c9-4-1-2-16-7(4)6-5(13(14)15)3-11-8(10)12-6/h1-3H. The molecular weight excluding hydrogens is 301 g/mol. The van der Waals surface area contributed by atoms with Crippen molar-refractivity contribution in [3.8, 4) is 11.5 Å². The lowest BCUT2D eigenvalue weighted by molar-refractivity contribution is -0.384. The van der Waals surface area contributed by atoms with Gasteiger partial charge in [0.15, 0.2) is 11.5 Å². The Morgan fingerprint density at radius 3 is 2.88 bits per heavy atom. The van der Waals surface area contributed by atoms with Crippen LogP contribution >= 0.6 is 27.5 Å². The monoisotopic (exact) mass is 303 g/mol. The molecule has 0 bridgehead atoms. The first kappa shape index (κ1) is 11.0. The van der Waals surface area contributed by atoms with Gasteiger partial charge in [-0.1, -0.05) is 0 Å². The number of aromatic nitrogens is 2. The molecule has 2 aromatic heterocycles. The number of hydrogen-bond acceptors (Lipinski definition) is 5. The van der Waals surface area contributed by atoms with Crippen LogP contribution in [0.15, 0.2) is 27.4 Å². The zero-order chi connectivity index (χ0) is 11.7. The number of halogens is 2. The Hall–Kier alpha value is -1.47. The van der Waals surface area contributed by atoms with Crippen molar-refractivity contribution in [1.29, 1.82) is 0 Å². The third-order valence-electron chi connectivity index (χ3n) is 1.77. The van der Waals surface area contributed by atoms with Crippen molar-refractivity contribution in [3.63, 3.8) is 0 Å². The third kappa shape index (κ3) is 1.91. The van der Waals surface area contributed by atoms with Crippen LogP contribution in [0.25, 0.3) is 11.5 Å². The molecule has 0 atom stereocenters. The van der Waals surface area contributed by atoms with Gasteiger partial charge >= 0.3 is 5.69 Å². The molecule has 0 saturated carbocycles. The molecule has 0 radical (unpaired) electrons. The van der Waals surface area contributed by atoms with Crippen molar-refractivity contribution in [1.82, 2.24) is 9.97 Å². The predicted molar refractivity (Wildman–Crippen MR) is 59.1 cm³/mol. The molecule has 0 aliphatic carbocycles. The molecular formula is C8H3BrClN3O3. The molecule has 0 saturated heterocycles. The average molecular weight is 304 g/mol. The molecule has 6 nitrogen and oxygen atoms in total. The van der Waals surface area contributed by atoms with Gasteiger partial charge in [-0.15, -0.1) is 0 Å². The molecule has 0 aromatic carbocycles. The van der Waals surface area contributed by atoms with Gasteiger partial charge in [-0.2, -0.15) is 0 Å². The van der Waals surface area contributed by atoms with Gasteiger partial charge in [0.05, 0.1) is 15.7 Å². The van der Waals surface area contributed by atoms with Gasteiger partial charge in [0.2, 0.25) is 5.28 Å². The summed E-state index contributed by atoms with van der Waals surface area (Å²) >= 11 is 8.78. The zero-order valence-corrected chi connectivity index (χ0v) is 9.90.